The fraction of sp³-hybridized carbons (Fsp3) is 0.455. The van der Waals surface area contributed by atoms with Crippen molar-refractivity contribution in [3.8, 4) is 0 Å². The number of benzene rings is 1. The molecule has 1 unspecified atom stereocenters. The molecule has 13 heavy (non-hydrogen) atoms. The number of nitrogens with one attached hydrogen (secondary N) is 1. The monoisotopic (exact) mass is 176 g/mol. The predicted molar refractivity (Wildman–Crippen MR) is 54.2 cm³/mol. The summed E-state index contributed by atoms with van der Waals surface area (Å²) in [6, 6.07) is 6.96. The average Bonchev–Trinajstić information content (AvgIpc) is 2.63. The summed E-state index contributed by atoms with van der Waals surface area (Å²) in [7, 11) is 0. The van der Waals surface area contributed by atoms with Crippen molar-refractivity contribution in [2.45, 2.75) is 32.2 Å². The molecule has 2 heteroatoms. The summed E-state index contributed by atoms with van der Waals surface area (Å²) < 4.78 is 0. The van der Waals surface area contributed by atoms with E-state index in [1.54, 1.807) is 0 Å². The van der Waals surface area contributed by atoms with E-state index in [1.165, 1.54) is 36.0 Å². The van der Waals surface area contributed by atoms with Crippen molar-refractivity contribution in [2.75, 3.05) is 0 Å². The third kappa shape index (κ3) is 1.60. The lowest BCUT2D eigenvalue weighted by Gasteiger charge is -2.11. The van der Waals surface area contributed by atoms with Crippen molar-refractivity contribution in [1.29, 1.82) is 0 Å². The van der Waals surface area contributed by atoms with E-state index in [4.69, 9.17) is 5.84 Å². The van der Waals surface area contributed by atoms with Gasteiger partial charge in [0.25, 0.3) is 0 Å². The highest BCUT2D eigenvalue weighted by atomic mass is 15.2. The Morgan fingerprint density at radius 2 is 2.08 bits per heavy atom. The Kier molecular flexibility index (Phi) is 2.34. The summed E-state index contributed by atoms with van der Waals surface area (Å²) in [4.78, 5) is 0. The standard InChI is InChI=1S/C11H16N2/c1-8(13-12)10-6-5-9-3-2-4-11(9)7-10/h5-8,13H,2-4,12H2,1H3. The van der Waals surface area contributed by atoms with Gasteiger partial charge in [-0.2, -0.15) is 0 Å². The number of hydrogen-bond donors (Lipinski definition) is 2. The first-order chi connectivity index (χ1) is 6.31. The van der Waals surface area contributed by atoms with Gasteiger partial charge in [-0.25, -0.2) is 0 Å². The second kappa shape index (κ2) is 3.48. The van der Waals surface area contributed by atoms with E-state index in [0.29, 0.717) is 0 Å². The first-order valence-electron chi connectivity index (χ1n) is 4.89. The molecule has 0 heterocycles. The molecule has 2 nitrogen and oxygen atoms in total. The van der Waals surface area contributed by atoms with Gasteiger partial charge >= 0.3 is 0 Å². The topological polar surface area (TPSA) is 38.0 Å². The molecule has 1 aromatic rings. The van der Waals surface area contributed by atoms with Crippen LogP contribution in [0.15, 0.2) is 18.2 Å². The fourth-order valence-electron chi connectivity index (χ4n) is 1.96. The molecule has 0 bridgehead atoms. The van der Waals surface area contributed by atoms with E-state index in [-0.39, 0.29) is 6.04 Å². The van der Waals surface area contributed by atoms with Crippen molar-refractivity contribution in [2.24, 2.45) is 5.84 Å². The Morgan fingerprint density at radius 3 is 2.85 bits per heavy atom. The van der Waals surface area contributed by atoms with Crippen LogP contribution in [0.1, 0.15) is 36.1 Å². The van der Waals surface area contributed by atoms with E-state index >= 15 is 0 Å². The molecule has 3 N–H and O–H groups in total. The van der Waals surface area contributed by atoms with Crippen molar-refractivity contribution in [3.05, 3.63) is 34.9 Å². The lowest BCUT2D eigenvalue weighted by Crippen LogP contribution is -2.25. The van der Waals surface area contributed by atoms with Crippen molar-refractivity contribution in [3.63, 3.8) is 0 Å². The summed E-state index contributed by atoms with van der Waals surface area (Å²) in [5.74, 6) is 5.40. The molecule has 1 aliphatic carbocycles. The molecule has 1 atom stereocenters. The van der Waals surface area contributed by atoms with E-state index in [1.807, 2.05) is 0 Å². The zero-order valence-electron chi connectivity index (χ0n) is 8.01. The van der Waals surface area contributed by atoms with Gasteiger partial charge in [-0.1, -0.05) is 18.2 Å². The van der Waals surface area contributed by atoms with Gasteiger partial charge in [-0.15, -0.1) is 0 Å². The van der Waals surface area contributed by atoms with Crippen LogP contribution in [0.3, 0.4) is 0 Å². The number of hydrogen-bond acceptors (Lipinski definition) is 2. The lowest BCUT2D eigenvalue weighted by atomic mass is 10.0. The Bertz CT molecular complexity index is 307. The molecule has 1 aliphatic rings. The minimum Gasteiger partial charge on any atom is -0.271 e. The summed E-state index contributed by atoms with van der Waals surface area (Å²) in [6.45, 7) is 2.08. The van der Waals surface area contributed by atoms with Crippen molar-refractivity contribution in [1.82, 2.24) is 5.43 Å². The van der Waals surface area contributed by atoms with E-state index < -0.39 is 0 Å². The summed E-state index contributed by atoms with van der Waals surface area (Å²) >= 11 is 0. The van der Waals surface area contributed by atoms with Crippen LogP contribution in [-0.4, -0.2) is 0 Å². The minimum absolute atomic E-state index is 0.255. The fourth-order valence-corrected chi connectivity index (χ4v) is 1.96. The SMILES string of the molecule is CC(NN)c1ccc2c(c1)CCC2. The minimum atomic E-state index is 0.255. The molecule has 0 saturated heterocycles. The normalized spacial score (nSPS) is 17.1. The third-order valence-electron chi connectivity index (χ3n) is 2.87. The molecule has 0 fully saturated rings. The summed E-state index contributed by atoms with van der Waals surface area (Å²) in [6.07, 6.45) is 3.80. The third-order valence-corrected chi connectivity index (χ3v) is 2.87. The molecule has 0 radical (unpaired) electrons. The van der Waals surface area contributed by atoms with Crippen LogP contribution in [0, 0.1) is 0 Å². The number of fused-ring (bicyclic) bond motifs is 1. The Morgan fingerprint density at radius 1 is 1.31 bits per heavy atom. The zero-order valence-corrected chi connectivity index (χ0v) is 8.01. The molecular weight excluding hydrogens is 160 g/mol. The lowest BCUT2D eigenvalue weighted by molar-refractivity contribution is 0.602. The number of hydrazine groups is 1. The van der Waals surface area contributed by atoms with Crippen LogP contribution < -0.4 is 11.3 Å². The molecule has 0 aliphatic heterocycles. The van der Waals surface area contributed by atoms with E-state index in [9.17, 15) is 0 Å². The number of aryl methyl sites for hydroxylation is 2. The van der Waals surface area contributed by atoms with Crippen molar-refractivity contribution >= 4 is 0 Å². The van der Waals surface area contributed by atoms with Crippen LogP contribution in [0.2, 0.25) is 0 Å². The van der Waals surface area contributed by atoms with Gasteiger partial charge in [0.1, 0.15) is 0 Å². The van der Waals surface area contributed by atoms with Gasteiger partial charge in [0.15, 0.2) is 0 Å². The Labute approximate surface area is 79.1 Å². The molecule has 2 rings (SSSR count). The van der Waals surface area contributed by atoms with Gasteiger partial charge in [0.2, 0.25) is 0 Å². The van der Waals surface area contributed by atoms with E-state index in [2.05, 4.69) is 30.5 Å². The van der Waals surface area contributed by atoms with Gasteiger partial charge in [0.05, 0.1) is 0 Å². The molecule has 70 valence electrons. The van der Waals surface area contributed by atoms with Crippen LogP contribution >= 0.6 is 0 Å². The summed E-state index contributed by atoms with van der Waals surface area (Å²) in [5, 5.41) is 0. The maximum Gasteiger partial charge on any atom is 0.0431 e. The smallest absolute Gasteiger partial charge is 0.0431 e. The maximum atomic E-state index is 5.40. The number of rotatable bonds is 2. The summed E-state index contributed by atoms with van der Waals surface area (Å²) in [5.41, 5.74) is 7.10. The van der Waals surface area contributed by atoms with Gasteiger partial charge < -0.3 is 0 Å². The van der Waals surface area contributed by atoms with Crippen molar-refractivity contribution < 1.29 is 0 Å². The van der Waals surface area contributed by atoms with Crippen LogP contribution in [0.5, 0.6) is 0 Å². The molecular formula is C11H16N2. The molecule has 0 saturated carbocycles. The molecule has 0 amide bonds. The molecule has 0 aromatic heterocycles. The second-order valence-corrected chi connectivity index (χ2v) is 3.77. The van der Waals surface area contributed by atoms with Gasteiger partial charge in [-0.3, -0.25) is 11.3 Å². The number of nitrogens with two attached hydrogens (primary N) is 1. The predicted octanol–water partition coefficient (Wildman–Crippen LogP) is 1.70. The van der Waals surface area contributed by atoms with Gasteiger partial charge in [-0.05, 0) is 42.9 Å². The molecule has 0 spiro atoms. The first kappa shape index (κ1) is 8.73. The van der Waals surface area contributed by atoms with E-state index in [0.717, 1.165) is 0 Å². The van der Waals surface area contributed by atoms with Crippen LogP contribution in [-0.2, 0) is 12.8 Å². The Balaban J connectivity index is 2.30. The van der Waals surface area contributed by atoms with Crippen LogP contribution in [0.25, 0.3) is 0 Å². The zero-order chi connectivity index (χ0) is 9.26. The highest BCUT2D eigenvalue weighted by Crippen LogP contribution is 2.24. The largest absolute Gasteiger partial charge is 0.271 e. The molecule has 1 aromatic carbocycles. The Hall–Kier alpha value is -0.860. The average molecular weight is 176 g/mol. The quantitative estimate of drug-likeness (QED) is 0.531. The maximum absolute atomic E-state index is 5.40. The second-order valence-electron chi connectivity index (χ2n) is 3.77. The highest BCUT2D eigenvalue weighted by molar-refractivity contribution is 5.36. The van der Waals surface area contributed by atoms with Crippen LogP contribution in [0.4, 0.5) is 0 Å². The highest BCUT2D eigenvalue weighted by Gasteiger charge is 2.12. The first-order valence-corrected chi connectivity index (χ1v) is 4.89. The van der Waals surface area contributed by atoms with Gasteiger partial charge in [0, 0.05) is 6.04 Å².